The van der Waals surface area contributed by atoms with E-state index in [-0.39, 0.29) is 0 Å². The zero-order valence-electron chi connectivity index (χ0n) is 4.90. The van der Waals surface area contributed by atoms with Gasteiger partial charge in [0.25, 0.3) is 0 Å². The second kappa shape index (κ2) is 3.19. The quantitative estimate of drug-likeness (QED) is 0.463. The Morgan fingerprint density at radius 3 is 2.56 bits per heavy atom. The van der Waals surface area contributed by atoms with Crippen molar-refractivity contribution in [1.29, 1.82) is 0 Å². The second-order valence-corrected chi connectivity index (χ2v) is 2.38. The summed E-state index contributed by atoms with van der Waals surface area (Å²) in [5.41, 5.74) is 2.29. The standard InChI is InChI=1S/C7H7Cl2/c8-4-6-2-1-3-7(6)5-9/h1-3H,4-5H2/q-1. The molecule has 0 fully saturated rings. The molecule has 1 aromatic rings. The highest BCUT2D eigenvalue weighted by atomic mass is 35.5. The third-order valence-electron chi connectivity index (χ3n) is 1.30. The Labute approximate surface area is 64.8 Å². The summed E-state index contributed by atoms with van der Waals surface area (Å²) in [5.74, 6) is 1.13. The summed E-state index contributed by atoms with van der Waals surface area (Å²) in [5, 5.41) is 0. The van der Waals surface area contributed by atoms with E-state index >= 15 is 0 Å². The van der Waals surface area contributed by atoms with Crippen molar-refractivity contribution in [3.63, 3.8) is 0 Å². The molecule has 0 radical (unpaired) electrons. The van der Waals surface area contributed by atoms with Crippen LogP contribution in [-0.2, 0) is 11.8 Å². The largest absolute Gasteiger partial charge is 0.209 e. The van der Waals surface area contributed by atoms with Gasteiger partial charge in [-0.1, -0.05) is 0 Å². The Hall–Kier alpha value is -0.0700. The number of alkyl halides is 2. The molecule has 0 saturated heterocycles. The van der Waals surface area contributed by atoms with Gasteiger partial charge in [0.1, 0.15) is 0 Å². The van der Waals surface area contributed by atoms with Crippen LogP contribution < -0.4 is 0 Å². The molecule has 0 N–H and O–H groups in total. The molecule has 0 unspecified atom stereocenters. The minimum atomic E-state index is 0.565. The molecule has 0 aliphatic rings. The monoisotopic (exact) mass is 161 g/mol. The molecule has 0 spiro atoms. The Morgan fingerprint density at radius 1 is 1.33 bits per heavy atom. The SMILES string of the molecule is ClCc1cc[cH-]c1CCl. The van der Waals surface area contributed by atoms with Crippen molar-refractivity contribution in [1.82, 2.24) is 0 Å². The molecular formula is C7H7Cl2-. The van der Waals surface area contributed by atoms with E-state index < -0.39 is 0 Å². The number of hydrogen-bond acceptors (Lipinski definition) is 0. The Bertz CT molecular complexity index is 160. The van der Waals surface area contributed by atoms with Crippen LogP contribution in [0.4, 0.5) is 0 Å². The summed E-state index contributed by atoms with van der Waals surface area (Å²) >= 11 is 11.2. The highest BCUT2D eigenvalue weighted by molar-refractivity contribution is 6.18. The molecule has 0 atom stereocenters. The van der Waals surface area contributed by atoms with Gasteiger partial charge < -0.3 is 0 Å². The van der Waals surface area contributed by atoms with Crippen LogP contribution in [0.5, 0.6) is 0 Å². The molecule has 0 amide bonds. The van der Waals surface area contributed by atoms with E-state index in [0.717, 1.165) is 11.1 Å². The molecule has 50 valence electrons. The van der Waals surface area contributed by atoms with Crippen LogP contribution in [0.3, 0.4) is 0 Å². The minimum Gasteiger partial charge on any atom is -0.209 e. The first-order chi connectivity index (χ1) is 4.38. The molecule has 9 heavy (non-hydrogen) atoms. The zero-order valence-corrected chi connectivity index (χ0v) is 6.41. The third kappa shape index (κ3) is 1.44. The molecule has 0 saturated carbocycles. The van der Waals surface area contributed by atoms with Gasteiger partial charge >= 0.3 is 0 Å². The van der Waals surface area contributed by atoms with Crippen molar-refractivity contribution < 1.29 is 0 Å². The molecular weight excluding hydrogens is 155 g/mol. The fraction of sp³-hybridized carbons (Fsp3) is 0.286. The van der Waals surface area contributed by atoms with Gasteiger partial charge in [0.15, 0.2) is 0 Å². The number of hydrogen-bond donors (Lipinski definition) is 0. The van der Waals surface area contributed by atoms with Gasteiger partial charge in [-0.2, -0.15) is 17.7 Å². The van der Waals surface area contributed by atoms with Crippen molar-refractivity contribution in [3.8, 4) is 0 Å². The maximum absolute atomic E-state index is 5.59. The molecule has 0 bridgehead atoms. The number of rotatable bonds is 2. The van der Waals surface area contributed by atoms with Crippen molar-refractivity contribution >= 4 is 23.2 Å². The fourth-order valence-corrected chi connectivity index (χ4v) is 1.28. The van der Waals surface area contributed by atoms with Gasteiger partial charge in [0.05, 0.1) is 0 Å². The molecule has 0 nitrogen and oxygen atoms in total. The molecule has 0 aromatic heterocycles. The summed E-state index contributed by atoms with van der Waals surface area (Å²) < 4.78 is 0. The van der Waals surface area contributed by atoms with Crippen LogP contribution in [0.2, 0.25) is 0 Å². The predicted molar refractivity (Wildman–Crippen MR) is 41.1 cm³/mol. The third-order valence-corrected chi connectivity index (χ3v) is 1.87. The van der Waals surface area contributed by atoms with E-state index in [1.165, 1.54) is 0 Å². The van der Waals surface area contributed by atoms with Crippen LogP contribution in [-0.4, -0.2) is 0 Å². The van der Waals surface area contributed by atoms with Crippen molar-refractivity contribution in [3.05, 3.63) is 29.3 Å². The number of halogens is 2. The zero-order chi connectivity index (χ0) is 6.69. The lowest BCUT2D eigenvalue weighted by atomic mass is 10.2. The summed E-state index contributed by atoms with van der Waals surface area (Å²) in [6.45, 7) is 0. The Kier molecular flexibility index (Phi) is 2.49. The van der Waals surface area contributed by atoms with Crippen LogP contribution in [0.15, 0.2) is 18.2 Å². The van der Waals surface area contributed by atoms with E-state index in [4.69, 9.17) is 23.2 Å². The van der Waals surface area contributed by atoms with Crippen molar-refractivity contribution in [2.24, 2.45) is 0 Å². The van der Waals surface area contributed by atoms with Gasteiger partial charge in [0.2, 0.25) is 0 Å². The molecule has 0 aliphatic carbocycles. The topological polar surface area (TPSA) is 0 Å². The van der Waals surface area contributed by atoms with Gasteiger partial charge in [-0.05, 0) is 5.88 Å². The summed E-state index contributed by atoms with van der Waals surface area (Å²) in [4.78, 5) is 0. The van der Waals surface area contributed by atoms with Crippen LogP contribution >= 0.6 is 23.2 Å². The van der Waals surface area contributed by atoms with Gasteiger partial charge in [-0.3, -0.25) is 0 Å². The van der Waals surface area contributed by atoms with Crippen LogP contribution in [0.25, 0.3) is 0 Å². The van der Waals surface area contributed by atoms with Crippen LogP contribution in [0.1, 0.15) is 11.1 Å². The summed E-state index contributed by atoms with van der Waals surface area (Å²) in [6.07, 6.45) is 0. The van der Waals surface area contributed by atoms with E-state index in [1.54, 1.807) is 0 Å². The highest BCUT2D eigenvalue weighted by Gasteiger charge is 1.87. The lowest BCUT2D eigenvalue weighted by molar-refractivity contribution is 1.32. The second-order valence-electron chi connectivity index (χ2n) is 1.84. The molecule has 0 aliphatic heterocycles. The molecule has 2 heteroatoms. The Balaban J connectivity index is 2.85. The molecule has 1 rings (SSSR count). The normalized spacial score (nSPS) is 10.0. The Morgan fingerprint density at radius 2 is 2.11 bits per heavy atom. The van der Waals surface area contributed by atoms with E-state index in [1.807, 2.05) is 18.2 Å². The van der Waals surface area contributed by atoms with E-state index in [0.29, 0.717) is 11.8 Å². The molecule has 1 aromatic carbocycles. The minimum absolute atomic E-state index is 0.565. The lowest BCUT2D eigenvalue weighted by Gasteiger charge is -2.02. The van der Waals surface area contributed by atoms with Gasteiger partial charge in [0, 0.05) is 5.88 Å². The first kappa shape index (κ1) is 7.04. The summed E-state index contributed by atoms with van der Waals surface area (Å²) in [7, 11) is 0. The summed E-state index contributed by atoms with van der Waals surface area (Å²) in [6, 6.07) is 5.95. The smallest absolute Gasteiger partial charge is 0.0246 e. The van der Waals surface area contributed by atoms with E-state index in [9.17, 15) is 0 Å². The van der Waals surface area contributed by atoms with Crippen molar-refractivity contribution in [2.45, 2.75) is 11.8 Å². The maximum Gasteiger partial charge on any atom is 0.0246 e. The van der Waals surface area contributed by atoms with E-state index in [2.05, 4.69) is 0 Å². The van der Waals surface area contributed by atoms with Crippen molar-refractivity contribution in [2.75, 3.05) is 0 Å². The fourth-order valence-electron chi connectivity index (χ4n) is 0.755. The first-order valence-electron chi connectivity index (χ1n) is 2.74. The first-order valence-corrected chi connectivity index (χ1v) is 3.80. The predicted octanol–water partition coefficient (Wildman–Crippen LogP) is 2.88. The van der Waals surface area contributed by atoms with Crippen LogP contribution in [0, 0.1) is 0 Å². The van der Waals surface area contributed by atoms with Gasteiger partial charge in [-0.25, -0.2) is 6.07 Å². The van der Waals surface area contributed by atoms with Gasteiger partial charge in [-0.15, -0.1) is 28.8 Å². The average molecular weight is 162 g/mol. The maximum atomic E-state index is 5.59. The average Bonchev–Trinajstić information content (AvgIpc) is 2.33. The lowest BCUT2D eigenvalue weighted by Crippen LogP contribution is -1.78. The highest BCUT2D eigenvalue weighted by Crippen LogP contribution is 2.14. The molecule has 0 heterocycles.